The van der Waals surface area contributed by atoms with Crippen molar-refractivity contribution < 1.29 is 19.5 Å². The van der Waals surface area contributed by atoms with Crippen LogP contribution in [0.3, 0.4) is 0 Å². The molecule has 2 saturated carbocycles. The molecule has 2 aliphatic carbocycles. The van der Waals surface area contributed by atoms with Gasteiger partial charge in [0.15, 0.2) is 0 Å². The van der Waals surface area contributed by atoms with Crippen LogP contribution in [-0.2, 0) is 20.8 Å². The maximum atomic E-state index is 12.3. The Morgan fingerprint density at radius 2 is 1.65 bits per heavy atom. The Morgan fingerprint density at radius 3 is 2.41 bits per heavy atom. The normalized spacial score (nSPS) is 23.3. The third-order valence-corrected chi connectivity index (χ3v) is 7.55. The Morgan fingerprint density at radius 1 is 0.882 bits per heavy atom. The molecule has 3 rings (SSSR count). The maximum Gasteiger partial charge on any atom is 0.303 e. The Labute approximate surface area is 203 Å². The number of aliphatic carboxylic acids is 1. The number of aryl methyl sites for hydroxylation is 1. The SMILES string of the molecule is O=C(O)CCC/C=C\C[C@@H]1[C@@H]2CC[C@@H](C2)[C@@H]1CNC(=O)CNC(=O)CCCCc1ccccc1. The molecule has 2 aliphatic rings. The van der Waals surface area contributed by atoms with Crippen LogP contribution in [0, 0.1) is 23.7 Å². The summed E-state index contributed by atoms with van der Waals surface area (Å²) in [6.45, 7) is 0.733. The van der Waals surface area contributed by atoms with Crippen molar-refractivity contribution in [2.24, 2.45) is 23.7 Å². The first-order chi connectivity index (χ1) is 16.5. The number of carbonyl (C=O) groups excluding carboxylic acids is 2. The number of carbonyl (C=O) groups is 3. The molecule has 0 aromatic heterocycles. The number of allylic oxidation sites excluding steroid dienone is 2. The van der Waals surface area contributed by atoms with Crippen LogP contribution in [0.25, 0.3) is 0 Å². The quantitative estimate of drug-likeness (QED) is 0.261. The number of hydrogen-bond donors (Lipinski definition) is 3. The van der Waals surface area contributed by atoms with E-state index in [1.807, 2.05) is 18.2 Å². The van der Waals surface area contributed by atoms with Crippen LogP contribution in [0.2, 0.25) is 0 Å². The van der Waals surface area contributed by atoms with Crippen LogP contribution in [0.4, 0.5) is 0 Å². The molecule has 1 aromatic carbocycles. The minimum Gasteiger partial charge on any atom is -0.481 e. The average Bonchev–Trinajstić information content (AvgIpc) is 3.44. The van der Waals surface area contributed by atoms with Gasteiger partial charge in [-0.25, -0.2) is 0 Å². The molecule has 0 aliphatic heterocycles. The number of nitrogens with one attached hydrogen (secondary N) is 2. The van der Waals surface area contributed by atoms with Crippen LogP contribution in [-0.4, -0.2) is 36.0 Å². The third-order valence-electron chi connectivity index (χ3n) is 7.55. The van der Waals surface area contributed by atoms with Crippen LogP contribution in [0.5, 0.6) is 0 Å². The van der Waals surface area contributed by atoms with Crippen molar-refractivity contribution in [1.29, 1.82) is 0 Å². The van der Waals surface area contributed by atoms with E-state index in [1.165, 1.54) is 24.8 Å². The van der Waals surface area contributed by atoms with Gasteiger partial charge in [0.1, 0.15) is 0 Å². The van der Waals surface area contributed by atoms with Crippen molar-refractivity contribution in [2.75, 3.05) is 13.1 Å². The number of carboxylic acids is 1. The molecule has 186 valence electrons. The molecule has 0 saturated heterocycles. The molecule has 0 heterocycles. The minimum absolute atomic E-state index is 0.0481. The number of unbranched alkanes of at least 4 members (excludes halogenated alkanes) is 2. The second-order valence-electron chi connectivity index (χ2n) is 9.93. The minimum atomic E-state index is -0.739. The fourth-order valence-electron chi connectivity index (χ4n) is 5.78. The molecule has 0 unspecified atom stereocenters. The van der Waals surface area contributed by atoms with Crippen molar-refractivity contribution in [2.45, 2.75) is 70.6 Å². The molecule has 4 atom stereocenters. The van der Waals surface area contributed by atoms with Gasteiger partial charge in [0.25, 0.3) is 0 Å². The molecule has 2 fully saturated rings. The molecule has 0 spiro atoms. The molecule has 34 heavy (non-hydrogen) atoms. The monoisotopic (exact) mass is 468 g/mol. The molecular weight excluding hydrogens is 428 g/mol. The van der Waals surface area contributed by atoms with Crippen molar-refractivity contribution in [3.63, 3.8) is 0 Å². The summed E-state index contributed by atoms with van der Waals surface area (Å²) in [4.78, 5) is 35.0. The number of fused-ring (bicyclic) bond motifs is 2. The fourth-order valence-corrected chi connectivity index (χ4v) is 5.78. The summed E-state index contributed by atoms with van der Waals surface area (Å²) >= 11 is 0. The zero-order chi connectivity index (χ0) is 24.2. The van der Waals surface area contributed by atoms with Crippen LogP contribution >= 0.6 is 0 Å². The zero-order valence-corrected chi connectivity index (χ0v) is 20.2. The first-order valence-electron chi connectivity index (χ1n) is 13.0. The lowest BCUT2D eigenvalue weighted by atomic mass is 9.77. The zero-order valence-electron chi connectivity index (χ0n) is 20.2. The smallest absolute Gasteiger partial charge is 0.303 e. The molecular formula is C28H40N2O4. The summed E-state index contributed by atoms with van der Waals surface area (Å²) in [5.74, 6) is 1.61. The van der Waals surface area contributed by atoms with E-state index < -0.39 is 5.97 Å². The van der Waals surface area contributed by atoms with E-state index in [9.17, 15) is 14.4 Å². The number of carboxylic acid groups (broad SMARTS) is 1. The van der Waals surface area contributed by atoms with Crippen molar-refractivity contribution >= 4 is 17.8 Å². The summed E-state index contributed by atoms with van der Waals surface area (Å²) in [6.07, 6.45) is 14.0. The maximum absolute atomic E-state index is 12.3. The molecule has 0 radical (unpaired) electrons. The van der Waals surface area contributed by atoms with Crippen LogP contribution < -0.4 is 10.6 Å². The lowest BCUT2D eigenvalue weighted by molar-refractivity contribution is -0.137. The molecule has 2 amide bonds. The molecule has 1 aromatic rings. The van der Waals surface area contributed by atoms with Crippen molar-refractivity contribution in [3.8, 4) is 0 Å². The van der Waals surface area contributed by atoms with E-state index in [0.717, 1.165) is 38.0 Å². The predicted octanol–water partition coefficient (Wildman–Crippen LogP) is 4.50. The Hall–Kier alpha value is -2.63. The predicted molar refractivity (Wildman–Crippen MR) is 133 cm³/mol. The molecule has 6 heteroatoms. The van der Waals surface area contributed by atoms with Crippen LogP contribution in [0.15, 0.2) is 42.5 Å². The third kappa shape index (κ3) is 8.62. The van der Waals surface area contributed by atoms with Gasteiger partial charge in [-0.1, -0.05) is 42.5 Å². The molecule has 2 bridgehead atoms. The van der Waals surface area contributed by atoms with Gasteiger partial charge in [0, 0.05) is 19.4 Å². The highest BCUT2D eigenvalue weighted by Gasteiger charge is 2.46. The van der Waals surface area contributed by atoms with Gasteiger partial charge in [-0.2, -0.15) is 0 Å². The van der Waals surface area contributed by atoms with E-state index in [1.54, 1.807) is 0 Å². The van der Waals surface area contributed by atoms with Gasteiger partial charge in [-0.3, -0.25) is 14.4 Å². The van der Waals surface area contributed by atoms with E-state index in [0.29, 0.717) is 37.1 Å². The second kappa shape index (κ2) is 13.9. The average molecular weight is 469 g/mol. The largest absolute Gasteiger partial charge is 0.481 e. The summed E-state index contributed by atoms with van der Waals surface area (Å²) in [5.41, 5.74) is 1.29. The van der Waals surface area contributed by atoms with Gasteiger partial charge >= 0.3 is 5.97 Å². The number of hydrogen-bond acceptors (Lipinski definition) is 3. The number of rotatable bonds is 15. The summed E-state index contributed by atoms with van der Waals surface area (Å²) in [6, 6.07) is 10.3. The number of benzene rings is 1. The van der Waals surface area contributed by atoms with Crippen LogP contribution in [0.1, 0.15) is 69.8 Å². The lowest BCUT2D eigenvalue weighted by Gasteiger charge is -2.30. The van der Waals surface area contributed by atoms with E-state index >= 15 is 0 Å². The highest BCUT2D eigenvalue weighted by atomic mass is 16.4. The second-order valence-corrected chi connectivity index (χ2v) is 9.93. The highest BCUT2D eigenvalue weighted by Crippen LogP contribution is 2.53. The highest BCUT2D eigenvalue weighted by molar-refractivity contribution is 5.84. The molecule has 6 nitrogen and oxygen atoms in total. The first-order valence-corrected chi connectivity index (χ1v) is 13.0. The standard InChI is InChI=1S/C28H40N2O4/c31-26(14-9-8-12-21-10-4-3-5-11-21)30-20-27(32)29-19-25-23-17-16-22(18-23)24(25)13-6-1-2-7-15-28(33)34/h1,3-6,10-11,22-25H,2,7-9,12-20H2,(H,29,32)(H,30,31)(H,33,34)/b6-1-/t22-,23+,24-,25+/m1/s1. The van der Waals surface area contributed by atoms with Crippen molar-refractivity contribution in [1.82, 2.24) is 10.6 Å². The van der Waals surface area contributed by atoms with Gasteiger partial charge < -0.3 is 15.7 Å². The van der Waals surface area contributed by atoms with E-state index in [2.05, 4.69) is 34.9 Å². The Balaban J connectivity index is 1.29. The van der Waals surface area contributed by atoms with Gasteiger partial charge in [-0.15, -0.1) is 0 Å². The Kier molecular flexibility index (Phi) is 10.6. The summed E-state index contributed by atoms with van der Waals surface area (Å²) < 4.78 is 0. The lowest BCUT2D eigenvalue weighted by Crippen LogP contribution is -2.41. The van der Waals surface area contributed by atoms with E-state index in [-0.39, 0.29) is 24.8 Å². The van der Waals surface area contributed by atoms with Crippen molar-refractivity contribution in [3.05, 3.63) is 48.0 Å². The fraction of sp³-hybridized carbons (Fsp3) is 0.607. The molecule has 3 N–H and O–H groups in total. The Bertz CT molecular complexity index is 823. The summed E-state index contributed by atoms with van der Waals surface area (Å²) in [7, 11) is 0. The van der Waals surface area contributed by atoms with Gasteiger partial charge in [-0.05, 0) is 87.0 Å². The van der Waals surface area contributed by atoms with Gasteiger partial charge in [0.2, 0.25) is 11.8 Å². The first kappa shape index (κ1) is 26.0. The van der Waals surface area contributed by atoms with E-state index in [4.69, 9.17) is 5.11 Å². The summed E-state index contributed by atoms with van der Waals surface area (Å²) in [5, 5.41) is 14.6. The van der Waals surface area contributed by atoms with Gasteiger partial charge in [0.05, 0.1) is 6.54 Å². The topological polar surface area (TPSA) is 95.5 Å². The number of amides is 2.